The van der Waals surface area contributed by atoms with Crippen molar-refractivity contribution in [2.75, 3.05) is 23.8 Å². The van der Waals surface area contributed by atoms with Gasteiger partial charge in [-0.1, -0.05) is 31.9 Å². The molecule has 1 aromatic heterocycles. The van der Waals surface area contributed by atoms with Crippen LogP contribution in [0.1, 0.15) is 39.0 Å². The molecular formula is C19H30N3O2PS. The van der Waals surface area contributed by atoms with E-state index in [9.17, 15) is 5.11 Å². The molecule has 0 fully saturated rings. The molecule has 0 amide bonds. The Morgan fingerprint density at radius 2 is 2.00 bits per heavy atom. The molecule has 0 aliphatic carbocycles. The van der Waals surface area contributed by atoms with Crippen molar-refractivity contribution in [2.45, 2.75) is 51.4 Å². The maximum Gasteiger partial charge on any atom is 0.180 e. The van der Waals surface area contributed by atoms with Gasteiger partial charge in [0.25, 0.3) is 0 Å². The van der Waals surface area contributed by atoms with Crippen molar-refractivity contribution in [1.82, 2.24) is 4.98 Å². The standard InChI is InChI=1S/C19H30N3O2PS/c1-2-3-5-16(6-4-11-25)24-12-18(23)21-15-9-7-14(8-10-15)17-13-26-19(20)22-17/h7-10,13,16,18,21,23H,2-6,11-12,25H2,1H3,(H2,20,22). The van der Waals surface area contributed by atoms with Crippen LogP contribution in [-0.4, -0.2) is 35.2 Å². The lowest BCUT2D eigenvalue weighted by molar-refractivity contribution is -0.00785. The average Bonchev–Trinajstić information content (AvgIpc) is 3.08. The number of nitrogens with two attached hydrogens (primary N) is 1. The Balaban J connectivity index is 1.81. The van der Waals surface area contributed by atoms with Gasteiger partial charge in [-0.3, -0.25) is 0 Å². The average molecular weight is 396 g/mol. The molecule has 7 heteroatoms. The fourth-order valence-corrected chi connectivity index (χ4v) is 3.51. The summed E-state index contributed by atoms with van der Waals surface area (Å²) < 4.78 is 5.93. The number of hydrogen-bond acceptors (Lipinski definition) is 6. The van der Waals surface area contributed by atoms with Crippen molar-refractivity contribution in [3.63, 3.8) is 0 Å². The summed E-state index contributed by atoms with van der Waals surface area (Å²) >= 11 is 1.43. The molecule has 0 aliphatic rings. The molecule has 5 nitrogen and oxygen atoms in total. The minimum absolute atomic E-state index is 0.226. The van der Waals surface area contributed by atoms with Gasteiger partial charge in [0.1, 0.15) is 6.23 Å². The molecule has 26 heavy (non-hydrogen) atoms. The van der Waals surface area contributed by atoms with E-state index in [1.165, 1.54) is 17.8 Å². The molecule has 4 N–H and O–H groups in total. The first kappa shape index (κ1) is 21.1. The first-order chi connectivity index (χ1) is 12.6. The second-order valence-corrected chi connectivity index (χ2v) is 7.80. The maximum absolute atomic E-state index is 10.2. The number of nitrogens with one attached hydrogen (secondary N) is 1. The summed E-state index contributed by atoms with van der Waals surface area (Å²) in [6, 6.07) is 7.79. The second-order valence-electron chi connectivity index (χ2n) is 6.34. The van der Waals surface area contributed by atoms with Crippen molar-refractivity contribution in [1.29, 1.82) is 0 Å². The van der Waals surface area contributed by atoms with E-state index in [-0.39, 0.29) is 12.7 Å². The van der Waals surface area contributed by atoms with Gasteiger partial charge in [0, 0.05) is 16.6 Å². The molecule has 3 atom stereocenters. The Kier molecular flexibility index (Phi) is 9.33. The Labute approximate surface area is 162 Å². The molecule has 1 aromatic carbocycles. The molecule has 0 bridgehead atoms. The lowest BCUT2D eigenvalue weighted by Crippen LogP contribution is -2.28. The van der Waals surface area contributed by atoms with Gasteiger partial charge in [0.2, 0.25) is 0 Å². The van der Waals surface area contributed by atoms with Crippen LogP contribution in [0.5, 0.6) is 0 Å². The lowest BCUT2D eigenvalue weighted by atomic mass is 10.1. The van der Waals surface area contributed by atoms with E-state index in [0.717, 1.165) is 48.8 Å². The van der Waals surface area contributed by atoms with E-state index in [2.05, 4.69) is 26.5 Å². The number of nitrogens with zero attached hydrogens (tertiary/aromatic N) is 1. The van der Waals surface area contributed by atoms with Crippen molar-refractivity contribution in [3.8, 4) is 11.3 Å². The van der Waals surface area contributed by atoms with Crippen molar-refractivity contribution in [2.24, 2.45) is 0 Å². The van der Waals surface area contributed by atoms with Gasteiger partial charge in [-0.25, -0.2) is 4.98 Å². The summed E-state index contributed by atoms with van der Waals surface area (Å²) in [6.45, 7) is 2.47. The predicted molar refractivity (Wildman–Crippen MR) is 115 cm³/mol. The molecule has 0 saturated carbocycles. The number of aliphatic hydroxyl groups excluding tert-OH is 1. The van der Waals surface area contributed by atoms with Crippen molar-refractivity contribution in [3.05, 3.63) is 29.6 Å². The topological polar surface area (TPSA) is 80.4 Å². The molecule has 0 radical (unpaired) electrons. The van der Waals surface area contributed by atoms with Crippen molar-refractivity contribution < 1.29 is 9.84 Å². The number of unbranched alkanes of at least 4 members (excludes halogenated alkanes) is 1. The van der Waals surface area contributed by atoms with E-state index in [0.29, 0.717) is 5.13 Å². The number of hydrogen-bond donors (Lipinski definition) is 3. The fraction of sp³-hybridized carbons (Fsp3) is 0.526. The van der Waals surface area contributed by atoms with Gasteiger partial charge in [-0.2, -0.15) is 0 Å². The zero-order chi connectivity index (χ0) is 18.8. The maximum atomic E-state index is 10.2. The Bertz CT molecular complexity index is 628. The number of ether oxygens (including phenoxy) is 1. The first-order valence-corrected chi connectivity index (χ1v) is 10.9. The van der Waals surface area contributed by atoms with Crippen LogP contribution in [0, 0.1) is 0 Å². The van der Waals surface area contributed by atoms with E-state index >= 15 is 0 Å². The van der Waals surface area contributed by atoms with Crippen LogP contribution in [0.4, 0.5) is 10.8 Å². The molecule has 2 rings (SSSR count). The first-order valence-electron chi connectivity index (χ1n) is 9.20. The van der Waals surface area contributed by atoms with Gasteiger partial charge in [0.15, 0.2) is 5.13 Å². The van der Waals surface area contributed by atoms with Gasteiger partial charge < -0.3 is 20.9 Å². The third kappa shape index (κ3) is 7.20. The van der Waals surface area contributed by atoms with Crippen LogP contribution in [0.15, 0.2) is 29.6 Å². The number of aliphatic hydroxyl groups is 1. The van der Waals surface area contributed by atoms with Gasteiger partial charge in [0.05, 0.1) is 18.4 Å². The Morgan fingerprint density at radius 1 is 1.27 bits per heavy atom. The van der Waals surface area contributed by atoms with Crippen LogP contribution < -0.4 is 11.1 Å². The second kappa shape index (κ2) is 11.5. The van der Waals surface area contributed by atoms with Gasteiger partial charge in [-0.15, -0.1) is 20.6 Å². The highest BCUT2D eigenvalue weighted by Gasteiger charge is 2.12. The number of nitrogen functional groups attached to an aromatic ring is 1. The molecule has 144 valence electrons. The van der Waals surface area contributed by atoms with Gasteiger partial charge in [-0.05, 0) is 37.6 Å². The lowest BCUT2D eigenvalue weighted by Gasteiger charge is -2.21. The predicted octanol–water partition coefficient (Wildman–Crippen LogP) is 4.35. The van der Waals surface area contributed by atoms with E-state index in [1.54, 1.807) is 0 Å². The van der Waals surface area contributed by atoms with E-state index in [1.807, 2.05) is 29.6 Å². The molecular weight excluding hydrogens is 365 g/mol. The summed E-state index contributed by atoms with van der Waals surface area (Å²) in [6.07, 6.45) is 6.14. The number of thiazole rings is 1. The highest BCUT2D eigenvalue weighted by Crippen LogP contribution is 2.24. The van der Waals surface area contributed by atoms with Gasteiger partial charge >= 0.3 is 0 Å². The highest BCUT2D eigenvalue weighted by molar-refractivity contribution is 7.16. The number of aromatic nitrogens is 1. The molecule has 1 heterocycles. The van der Waals surface area contributed by atoms with Crippen LogP contribution >= 0.6 is 20.6 Å². The summed E-state index contributed by atoms with van der Waals surface area (Å²) in [7, 11) is 2.76. The van der Waals surface area contributed by atoms with E-state index < -0.39 is 6.23 Å². The molecule has 0 spiro atoms. The van der Waals surface area contributed by atoms with Crippen LogP contribution in [-0.2, 0) is 4.74 Å². The highest BCUT2D eigenvalue weighted by atomic mass is 32.1. The zero-order valence-corrected chi connectivity index (χ0v) is 17.3. The molecule has 0 saturated heterocycles. The quantitative estimate of drug-likeness (QED) is 0.368. The van der Waals surface area contributed by atoms with Crippen LogP contribution in [0.3, 0.4) is 0 Å². The van der Waals surface area contributed by atoms with Crippen LogP contribution in [0.2, 0.25) is 0 Å². The van der Waals surface area contributed by atoms with E-state index in [4.69, 9.17) is 10.5 Å². The third-order valence-electron chi connectivity index (χ3n) is 4.14. The summed E-state index contributed by atoms with van der Waals surface area (Å²) in [5.74, 6) is 0. The molecule has 3 unspecified atom stereocenters. The summed E-state index contributed by atoms with van der Waals surface area (Å²) in [5, 5.41) is 15.8. The SMILES string of the molecule is CCCCC(CCCP)OCC(O)Nc1ccc(-c2csc(N)n2)cc1. The normalized spacial score (nSPS) is 13.5. The largest absolute Gasteiger partial charge is 0.375 e. The molecule has 2 aromatic rings. The Morgan fingerprint density at radius 3 is 2.62 bits per heavy atom. The number of benzene rings is 1. The monoisotopic (exact) mass is 395 g/mol. The summed E-state index contributed by atoms with van der Waals surface area (Å²) in [5.41, 5.74) is 8.40. The number of anilines is 2. The zero-order valence-electron chi connectivity index (χ0n) is 15.4. The van der Waals surface area contributed by atoms with Crippen LogP contribution in [0.25, 0.3) is 11.3 Å². The molecule has 0 aliphatic heterocycles. The summed E-state index contributed by atoms with van der Waals surface area (Å²) in [4.78, 5) is 4.27. The number of rotatable bonds is 12. The van der Waals surface area contributed by atoms with Crippen molar-refractivity contribution >= 4 is 31.4 Å². The fourth-order valence-electron chi connectivity index (χ4n) is 2.71. The minimum atomic E-state index is -0.726. The third-order valence-corrected chi connectivity index (χ3v) is 5.22. The Hall–Kier alpha value is -1.20. The smallest absolute Gasteiger partial charge is 0.180 e. The minimum Gasteiger partial charge on any atom is -0.375 e.